The highest BCUT2D eigenvalue weighted by molar-refractivity contribution is 5.57. The van der Waals surface area contributed by atoms with Gasteiger partial charge in [-0.05, 0) is 19.3 Å². The normalized spacial score (nSPS) is 28.2. The summed E-state index contributed by atoms with van der Waals surface area (Å²) >= 11 is 0. The lowest BCUT2D eigenvalue weighted by molar-refractivity contribution is -0.120. The number of nitrogens with one attached hydrogen (secondary N) is 1. The minimum atomic E-state index is -0.510. The van der Waals surface area contributed by atoms with E-state index in [-0.39, 0.29) is 5.92 Å². The molecule has 1 N–H and O–H groups in total. The lowest BCUT2D eigenvalue weighted by Gasteiger charge is -2.13. The lowest BCUT2D eigenvalue weighted by Crippen LogP contribution is -2.33. The van der Waals surface area contributed by atoms with Crippen LogP contribution >= 0.6 is 0 Å². The Morgan fingerprint density at radius 3 is 2.82 bits per heavy atom. The zero-order valence-corrected chi connectivity index (χ0v) is 9.67. The van der Waals surface area contributed by atoms with Crippen molar-refractivity contribution in [3.8, 4) is 0 Å². The molecule has 17 heavy (non-hydrogen) atoms. The summed E-state index contributed by atoms with van der Waals surface area (Å²) in [4.78, 5) is 35.8. The maximum Gasteiger partial charge on any atom is 0.330 e. The topological polar surface area (TPSA) is 81.2 Å². The van der Waals surface area contributed by atoms with Crippen molar-refractivity contribution >= 4 is 6.29 Å². The highest BCUT2D eigenvalue weighted by atomic mass is 16.5. The number of aromatic nitrogens is 2. The fourth-order valence-corrected chi connectivity index (χ4v) is 1.97. The highest BCUT2D eigenvalue weighted by Gasteiger charge is 2.33. The molecule has 2 rings (SSSR count). The monoisotopic (exact) mass is 238 g/mol. The van der Waals surface area contributed by atoms with E-state index in [9.17, 15) is 14.4 Å². The van der Waals surface area contributed by atoms with Crippen LogP contribution in [0.2, 0.25) is 0 Å². The first-order valence-corrected chi connectivity index (χ1v) is 5.45. The number of carbonyl (C=O) groups is 1. The summed E-state index contributed by atoms with van der Waals surface area (Å²) in [6.07, 6.45) is 1.82. The van der Waals surface area contributed by atoms with Crippen molar-refractivity contribution in [1.29, 1.82) is 0 Å². The molecular formula is C11H14N2O4. The Balaban J connectivity index is 2.37. The van der Waals surface area contributed by atoms with Crippen LogP contribution in [0.4, 0.5) is 0 Å². The number of aldehydes is 1. The van der Waals surface area contributed by atoms with Crippen molar-refractivity contribution in [3.63, 3.8) is 0 Å². The number of rotatable bonds is 2. The summed E-state index contributed by atoms with van der Waals surface area (Å²) in [5.74, 6) is 0.0663. The van der Waals surface area contributed by atoms with Crippen LogP contribution in [0.25, 0.3) is 0 Å². The molecule has 6 heteroatoms. The highest BCUT2D eigenvalue weighted by Crippen LogP contribution is 2.30. The van der Waals surface area contributed by atoms with E-state index in [2.05, 4.69) is 4.98 Å². The molecule has 0 aliphatic carbocycles. The largest absolute Gasteiger partial charge is 0.347 e. The molecule has 2 heterocycles. The number of ether oxygens (including phenoxy) is 1. The van der Waals surface area contributed by atoms with Gasteiger partial charge in [0, 0.05) is 11.8 Å². The molecule has 1 aromatic rings. The summed E-state index contributed by atoms with van der Waals surface area (Å²) < 4.78 is 6.79. The Kier molecular flexibility index (Phi) is 2.97. The molecule has 1 aliphatic rings. The fraction of sp³-hybridized carbons (Fsp3) is 0.545. The van der Waals surface area contributed by atoms with Crippen LogP contribution in [0.3, 0.4) is 0 Å². The number of hydrogen-bond donors (Lipinski definition) is 1. The number of H-pyrrole nitrogens is 1. The molecule has 3 atom stereocenters. The molecule has 6 nitrogen and oxygen atoms in total. The van der Waals surface area contributed by atoms with Gasteiger partial charge in [-0.1, -0.05) is 6.92 Å². The number of nitrogens with zero attached hydrogens (tertiary/aromatic N) is 1. The Hall–Kier alpha value is -1.69. The molecule has 0 aromatic carbocycles. The molecule has 1 saturated heterocycles. The van der Waals surface area contributed by atoms with Crippen molar-refractivity contribution in [2.24, 2.45) is 5.92 Å². The van der Waals surface area contributed by atoms with E-state index in [4.69, 9.17) is 4.74 Å². The first-order valence-electron chi connectivity index (χ1n) is 5.45. The third-order valence-electron chi connectivity index (χ3n) is 3.04. The lowest BCUT2D eigenvalue weighted by atomic mass is 10.0. The first-order chi connectivity index (χ1) is 8.02. The van der Waals surface area contributed by atoms with Crippen LogP contribution in [0, 0.1) is 12.8 Å². The van der Waals surface area contributed by atoms with Crippen molar-refractivity contribution in [2.75, 3.05) is 0 Å². The molecule has 0 radical (unpaired) electrons. The molecule has 1 fully saturated rings. The molecule has 0 unspecified atom stereocenters. The maximum absolute atomic E-state index is 11.6. The number of carbonyl (C=O) groups excluding carboxylic acids is 1. The van der Waals surface area contributed by atoms with E-state index >= 15 is 0 Å². The minimum absolute atomic E-state index is 0.0663. The van der Waals surface area contributed by atoms with E-state index in [1.807, 2.05) is 6.92 Å². The summed E-state index contributed by atoms with van der Waals surface area (Å²) in [6, 6.07) is 0. The summed E-state index contributed by atoms with van der Waals surface area (Å²) in [5.41, 5.74) is -0.469. The Morgan fingerprint density at radius 2 is 2.24 bits per heavy atom. The average Bonchev–Trinajstić information content (AvgIpc) is 2.65. The van der Waals surface area contributed by atoms with Gasteiger partial charge >= 0.3 is 5.69 Å². The Morgan fingerprint density at radius 1 is 1.53 bits per heavy atom. The molecule has 1 aliphatic heterocycles. The second-order valence-corrected chi connectivity index (χ2v) is 4.38. The Bertz CT molecular complexity index is 545. The van der Waals surface area contributed by atoms with Gasteiger partial charge in [0.2, 0.25) is 0 Å². The predicted molar refractivity (Wildman–Crippen MR) is 59.8 cm³/mol. The van der Waals surface area contributed by atoms with Gasteiger partial charge in [0.1, 0.15) is 18.6 Å². The van der Waals surface area contributed by atoms with E-state index < -0.39 is 23.6 Å². The zero-order chi connectivity index (χ0) is 12.6. The summed E-state index contributed by atoms with van der Waals surface area (Å²) in [7, 11) is 0. The Labute approximate surface area is 97.2 Å². The quantitative estimate of drug-likeness (QED) is 0.733. The standard InChI is InChI=1S/C11H14N2O4/c1-6-3-9(17-8(6)5-14)13-4-7(2)10(15)12-11(13)16/h4-6,8-9H,3H2,1-2H3,(H,12,15,16)/t6-,8-,9-/m1/s1. The molecular weight excluding hydrogens is 224 g/mol. The third kappa shape index (κ3) is 2.08. The van der Waals surface area contributed by atoms with Gasteiger partial charge in [-0.15, -0.1) is 0 Å². The molecule has 1 aromatic heterocycles. The first kappa shape index (κ1) is 11.8. The van der Waals surface area contributed by atoms with Gasteiger partial charge < -0.3 is 9.53 Å². The SMILES string of the molecule is Cc1cn([C@H]2C[C@@H](C)[C@@H](C=O)O2)c(=O)[nH]c1=O. The molecule has 0 saturated carbocycles. The zero-order valence-electron chi connectivity index (χ0n) is 9.67. The summed E-state index contributed by atoms with van der Waals surface area (Å²) in [6.45, 7) is 3.51. The number of aromatic amines is 1. The minimum Gasteiger partial charge on any atom is -0.347 e. The van der Waals surface area contributed by atoms with Crippen LogP contribution in [-0.4, -0.2) is 21.9 Å². The molecule has 0 amide bonds. The van der Waals surface area contributed by atoms with Gasteiger partial charge in [-0.3, -0.25) is 14.3 Å². The number of aryl methyl sites for hydroxylation is 1. The second-order valence-electron chi connectivity index (χ2n) is 4.38. The van der Waals surface area contributed by atoms with Crippen LogP contribution in [-0.2, 0) is 9.53 Å². The van der Waals surface area contributed by atoms with Crippen LogP contribution in [0.15, 0.2) is 15.8 Å². The predicted octanol–water partition coefficient (Wildman–Crippen LogP) is -0.0325. The maximum atomic E-state index is 11.6. The van der Waals surface area contributed by atoms with Crippen molar-refractivity contribution < 1.29 is 9.53 Å². The van der Waals surface area contributed by atoms with Crippen LogP contribution < -0.4 is 11.2 Å². The van der Waals surface area contributed by atoms with Gasteiger partial charge in [-0.2, -0.15) is 0 Å². The number of hydrogen-bond acceptors (Lipinski definition) is 4. The van der Waals surface area contributed by atoms with E-state index in [0.29, 0.717) is 12.0 Å². The summed E-state index contributed by atoms with van der Waals surface area (Å²) in [5, 5.41) is 0. The van der Waals surface area contributed by atoms with Crippen molar-refractivity contribution in [3.05, 3.63) is 32.6 Å². The van der Waals surface area contributed by atoms with Crippen molar-refractivity contribution in [1.82, 2.24) is 9.55 Å². The molecule has 0 spiro atoms. The van der Waals surface area contributed by atoms with E-state index in [0.717, 1.165) is 6.29 Å². The van der Waals surface area contributed by atoms with E-state index in [1.54, 1.807) is 6.92 Å². The van der Waals surface area contributed by atoms with Crippen LogP contribution in [0.1, 0.15) is 25.1 Å². The second kappa shape index (κ2) is 4.29. The molecule has 92 valence electrons. The smallest absolute Gasteiger partial charge is 0.330 e. The molecule has 0 bridgehead atoms. The van der Waals surface area contributed by atoms with Crippen LogP contribution in [0.5, 0.6) is 0 Å². The van der Waals surface area contributed by atoms with Gasteiger partial charge in [0.25, 0.3) is 5.56 Å². The van der Waals surface area contributed by atoms with Gasteiger partial charge in [0.05, 0.1) is 0 Å². The third-order valence-corrected chi connectivity index (χ3v) is 3.04. The fourth-order valence-electron chi connectivity index (χ4n) is 1.97. The van der Waals surface area contributed by atoms with E-state index in [1.165, 1.54) is 10.8 Å². The van der Waals surface area contributed by atoms with Crippen molar-refractivity contribution in [2.45, 2.75) is 32.6 Å². The van der Waals surface area contributed by atoms with Gasteiger partial charge in [0.15, 0.2) is 0 Å². The average molecular weight is 238 g/mol. The van der Waals surface area contributed by atoms with Gasteiger partial charge in [-0.25, -0.2) is 4.79 Å².